The van der Waals surface area contributed by atoms with Gasteiger partial charge < -0.3 is 19.3 Å². The van der Waals surface area contributed by atoms with E-state index in [2.05, 4.69) is 22.4 Å². The van der Waals surface area contributed by atoms with E-state index >= 15 is 0 Å². The summed E-state index contributed by atoms with van der Waals surface area (Å²) >= 11 is 0. The Labute approximate surface area is 192 Å². The Morgan fingerprint density at radius 1 is 1.00 bits per heavy atom. The number of amides is 1. The number of benzene rings is 2. The summed E-state index contributed by atoms with van der Waals surface area (Å²) in [6.45, 7) is 4.69. The number of hydrogen-bond acceptors (Lipinski definition) is 6. The van der Waals surface area contributed by atoms with E-state index in [-0.39, 0.29) is 12.5 Å². The Hall–Kier alpha value is -4.13. The summed E-state index contributed by atoms with van der Waals surface area (Å²) in [6, 6.07) is 20.5. The molecule has 2 aromatic heterocycles. The van der Waals surface area contributed by atoms with Gasteiger partial charge in [0.15, 0.2) is 0 Å². The Bertz CT molecular complexity index is 1200. The number of nitrogens with one attached hydrogen (secondary N) is 1. The standard InChI is InChI=1S/C26H25N3O4/c1-3-16-31-21-11-13-22(14-12-21)32-26-20(10-7-15-27-26)17-28-25(30)23-18(2)33-29-24(23)19-8-5-4-6-9-19/h4-15H,3,16-17H2,1-2H3,(H,28,30). The van der Waals surface area contributed by atoms with Gasteiger partial charge in [0.2, 0.25) is 5.88 Å². The van der Waals surface area contributed by atoms with Crippen molar-refractivity contribution in [3.05, 3.63) is 89.8 Å². The number of ether oxygens (including phenoxy) is 2. The van der Waals surface area contributed by atoms with Crippen molar-refractivity contribution < 1.29 is 18.8 Å². The Morgan fingerprint density at radius 3 is 2.52 bits per heavy atom. The van der Waals surface area contributed by atoms with Crippen molar-refractivity contribution >= 4 is 5.91 Å². The first-order valence-electron chi connectivity index (χ1n) is 10.8. The predicted molar refractivity (Wildman–Crippen MR) is 124 cm³/mol. The fraction of sp³-hybridized carbons (Fsp3) is 0.192. The molecule has 0 aliphatic rings. The molecule has 2 heterocycles. The number of carbonyl (C=O) groups is 1. The van der Waals surface area contributed by atoms with Gasteiger partial charge in [-0.05, 0) is 43.7 Å². The largest absolute Gasteiger partial charge is 0.494 e. The molecule has 168 valence electrons. The summed E-state index contributed by atoms with van der Waals surface area (Å²) in [6.07, 6.45) is 2.60. The molecule has 4 rings (SSSR count). The SMILES string of the molecule is CCCOc1ccc(Oc2ncccc2CNC(=O)c2c(-c3ccccc3)noc2C)cc1. The molecular weight excluding hydrogens is 418 g/mol. The van der Waals surface area contributed by atoms with Crippen LogP contribution in [-0.4, -0.2) is 22.7 Å². The molecule has 33 heavy (non-hydrogen) atoms. The van der Waals surface area contributed by atoms with Gasteiger partial charge in [0, 0.05) is 23.9 Å². The summed E-state index contributed by atoms with van der Waals surface area (Å²) < 4.78 is 16.9. The number of pyridine rings is 1. The third-order valence-electron chi connectivity index (χ3n) is 4.94. The second kappa shape index (κ2) is 10.5. The quantitative estimate of drug-likeness (QED) is 0.365. The van der Waals surface area contributed by atoms with E-state index in [9.17, 15) is 4.79 Å². The molecule has 7 nitrogen and oxygen atoms in total. The number of aromatic nitrogens is 2. The first kappa shape index (κ1) is 22.1. The van der Waals surface area contributed by atoms with E-state index < -0.39 is 0 Å². The molecule has 0 fully saturated rings. The molecule has 7 heteroatoms. The lowest BCUT2D eigenvalue weighted by atomic mass is 10.1. The van der Waals surface area contributed by atoms with E-state index in [1.807, 2.05) is 60.7 Å². The fourth-order valence-electron chi connectivity index (χ4n) is 3.28. The van der Waals surface area contributed by atoms with Crippen LogP contribution >= 0.6 is 0 Å². The number of carbonyl (C=O) groups excluding carboxylic acids is 1. The van der Waals surface area contributed by atoms with Crippen molar-refractivity contribution in [2.24, 2.45) is 0 Å². The van der Waals surface area contributed by atoms with Gasteiger partial charge in [-0.15, -0.1) is 0 Å². The highest BCUT2D eigenvalue weighted by molar-refractivity contribution is 6.00. The highest BCUT2D eigenvalue weighted by atomic mass is 16.5. The first-order chi connectivity index (χ1) is 16.2. The average Bonchev–Trinajstić information content (AvgIpc) is 3.25. The molecular formula is C26H25N3O4. The second-order valence-electron chi connectivity index (χ2n) is 7.40. The summed E-state index contributed by atoms with van der Waals surface area (Å²) in [7, 11) is 0. The maximum Gasteiger partial charge on any atom is 0.257 e. The summed E-state index contributed by atoms with van der Waals surface area (Å²) in [5, 5.41) is 7.01. The first-order valence-corrected chi connectivity index (χ1v) is 10.8. The summed E-state index contributed by atoms with van der Waals surface area (Å²) in [5.41, 5.74) is 2.48. The van der Waals surface area contributed by atoms with Crippen LogP contribution in [0.4, 0.5) is 0 Å². The predicted octanol–water partition coefficient (Wildman–Crippen LogP) is 5.56. The van der Waals surface area contributed by atoms with Crippen LogP contribution in [-0.2, 0) is 6.54 Å². The molecule has 0 spiro atoms. The van der Waals surface area contributed by atoms with E-state index in [1.54, 1.807) is 19.2 Å². The zero-order valence-electron chi connectivity index (χ0n) is 18.6. The highest BCUT2D eigenvalue weighted by Crippen LogP contribution is 2.27. The van der Waals surface area contributed by atoms with Crippen LogP contribution in [0.2, 0.25) is 0 Å². The van der Waals surface area contributed by atoms with Gasteiger partial charge in [-0.3, -0.25) is 4.79 Å². The third kappa shape index (κ3) is 5.38. The second-order valence-corrected chi connectivity index (χ2v) is 7.40. The number of aryl methyl sites for hydroxylation is 1. The van der Waals surface area contributed by atoms with Gasteiger partial charge in [0.25, 0.3) is 5.91 Å². The van der Waals surface area contributed by atoms with Crippen LogP contribution in [0.3, 0.4) is 0 Å². The van der Waals surface area contributed by atoms with E-state index in [1.165, 1.54) is 0 Å². The summed E-state index contributed by atoms with van der Waals surface area (Å²) in [4.78, 5) is 17.3. The van der Waals surface area contributed by atoms with E-state index in [4.69, 9.17) is 14.0 Å². The monoisotopic (exact) mass is 443 g/mol. The molecule has 1 N–H and O–H groups in total. The van der Waals surface area contributed by atoms with Crippen LogP contribution in [0.25, 0.3) is 11.3 Å². The molecule has 1 amide bonds. The van der Waals surface area contributed by atoms with Crippen LogP contribution in [0, 0.1) is 6.92 Å². The normalized spacial score (nSPS) is 10.6. The Kier molecular flexibility index (Phi) is 6.99. The van der Waals surface area contributed by atoms with E-state index in [0.717, 1.165) is 23.3 Å². The van der Waals surface area contributed by atoms with Gasteiger partial charge in [0.05, 0.1) is 6.61 Å². The van der Waals surface area contributed by atoms with Gasteiger partial charge in [-0.1, -0.05) is 48.5 Å². The minimum Gasteiger partial charge on any atom is -0.494 e. The van der Waals surface area contributed by atoms with Crippen molar-refractivity contribution in [3.8, 4) is 28.6 Å². The van der Waals surface area contributed by atoms with Crippen molar-refractivity contribution in [2.75, 3.05) is 6.61 Å². The zero-order valence-corrected chi connectivity index (χ0v) is 18.6. The summed E-state index contributed by atoms with van der Waals surface area (Å²) in [5.74, 6) is 2.02. The number of nitrogens with zero attached hydrogens (tertiary/aromatic N) is 2. The van der Waals surface area contributed by atoms with Gasteiger partial charge in [-0.25, -0.2) is 4.98 Å². The average molecular weight is 444 g/mol. The lowest BCUT2D eigenvalue weighted by Crippen LogP contribution is -2.24. The molecule has 0 unspecified atom stereocenters. The van der Waals surface area contributed by atoms with Crippen LogP contribution < -0.4 is 14.8 Å². The minimum absolute atomic E-state index is 0.235. The molecule has 2 aromatic carbocycles. The van der Waals surface area contributed by atoms with Crippen molar-refractivity contribution in [1.29, 1.82) is 0 Å². The lowest BCUT2D eigenvalue weighted by Gasteiger charge is -2.12. The smallest absolute Gasteiger partial charge is 0.257 e. The molecule has 0 radical (unpaired) electrons. The van der Waals surface area contributed by atoms with Crippen LogP contribution in [0.15, 0.2) is 77.4 Å². The Morgan fingerprint density at radius 2 is 1.76 bits per heavy atom. The molecule has 0 saturated heterocycles. The number of rotatable bonds is 9. The van der Waals surface area contributed by atoms with Gasteiger partial charge >= 0.3 is 0 Å². The zero-order chi connectivity index (χ0) is 23.0. The number of hydrogen-bond donors (Lipinski definition) is 1. The Balaban J connectivity index is 1.46. The van der Waals surface area contributed by atoms with Crippen LogP contribution in [0.1, 0.15) is 35.0 Å². The minimum atomic E-state index is -0.278. The molecule has 0 aliphatic carbocycles. The topological polar surface area (TPSA) is 86.5 Å². The van der Waals surface area contributed by atoms with Gasteiger partial charge in [-0.2, -0.15) is 0 Å². The maximum atomic E-state index is 13.0. The lowest BCUT2D eigenvalue weighted by molar-refractivity contribution is 0.0949. The molecule has 0 atom stereocenters. The third-order valence-corrected chi connectivity index (χ3v) is 4.94. The maximum absolute atomic E-state index is 13.0. The van der Waals surface area contributed by atoms with Gasteiger partial charge in [0.1, 0.15) is 28.5 Å². The molecule has 0 aliphatic heterocycles. The molecule has 0 bridgehead atoms. The highest BCUT2D eigenvalue weighted by Gasteiger charge is 2.21. The fourth-order valence-corrected chi connectivity index (χ4v) is 3.28. The van der Waals surface area contributed by atoms with E-state index in [0.29, 0.717) is 35.3 Å². The van der Waals surface area contributed by atoms with Crippen molar-refractivity contribution in [2.45, 2.75) is 26.8 Å². The molecule has 4 aromatic rings. The van der Waals surface area contributed by atoms with Crippen molar-refractivity contribution in [1.82, 2.24) is 15.5 Å². The van der Waals surface area contributed by atoms with Crippen LogP contribution in [0.5, 0.6) is 17.4 Å². The molecule has 0 saturated carbocycles. The van der Waals surface area contributed by atoms with Crippen molar-refractivity contribution in [3.63, 3.8) is 0 Å².